The van der Waals surface area contributed by atoms with Gasteiger partial charge in [0, 0.05) is 23.6 Å². The van der Waals surface area contributed by atoms with Crippen molar-refractivity contribution in [1.29, 1.82) is 0 Å². The van der Waals surface area contributed by atoms with E-state index in [2.05, 4.69) is 0 Å². The summed E-state index contributed by atoms with van der Waals surface area (Å²) < 4.78 is 0. The molecule has 48 heavy (non-hydrogen) atoms. The molecule has 6 nitrogen and oxygen atoms in total. The molecule has 0 radical (unpaired) electrons. The fourth-order valence-electron chi connectivity index (χ4n) is 6.32. The molecule has 0 spiro atoms. The summed E-state index contributed by atoms with van der Waals surface area (Å²) in [5.74, 6) is -0.942. The Kier molecular flexibility index (Phi) is 11.5. The monoisotopic (exact) mass is 640 g/mol. The number of hydrogen-bond donors (Lipinski definition) is 2. The Bertz CT molecular complexity index is 1760. The van der Waals surface area contributed by atoms with Crippen molar-refractivity contribution in [2.24, 2.45) is 9.98 Å². The SMILES string of the molecule is CC(=O)C(C=NC(c1ccccc1)C(N=CC(C(C)=O)=C(O)c1c(C)cc(C)cc1C)c1ccccc1)=C(O)c1c(C)cc(C)cc1C. The van der Waals surface area contributed by atoms with E-state index in [1.807, 2.05) is 126 Å². The molecule has 2 N–H and O–H groups in total. The van der Waals surface area contributed by atoms with E-state index >= 15 is 0 Å². The van der Waals surface area contributed by atoms with Crippen molar-refractivity contribution in [2.45, 2.75) is 67.5 Å². The maximum Gasteiger partial charge on any atom is 0.165 e. The second kappa shape index (κ2) is 15.5. The first-order chi connectivity index (χ1) is 22.8. The number of allylic oxidation sites excluding steroid dienone is 2. The van der Waals surface area contributed by atoms with Crippen molar-refractivity contribution in [3.05, 3.63) is 152 Å². The molecule has 246 valence electrons. The largest absolute Gasteiger partial charge is 0.506 e. The summed E-state index contributed by atoms with van der Waals surface area (Å²) in [5.41, 5.74) is 8.51. The van der Waals surface area contributed by atoms with Gasteiger partial charge in [0.25, 0.3) is 0 Å². The minimum Gasteiger partial charge on any atom is -0.506 e. The number of hydrogen-bond acceptors (Lipinski definition) is 6. The van der Waals surface area contributed by atoms with Gasteiger partial charge in [-0.3, -0.25) is 19.6 Å². The molecule has 4 rings (SSSR count). The third kappa shape index (κ3) is 8.13. The Labute approximate surface area is 283 Å². The van der Waals surface area contributed by atoms with Crippen molar-refractivity contribution >= 4 is 35.5 Å². The van der Waals surface area contributed by atoms with Gasteiger partial charge in [-0.05, 0) is 88.8 Å². The van der Waals surface area contributed by atoms with E-state index in [0.717, 1.165) is 44.5 Å². The van der Waals surface area contributed by atoms with Crippen LogP contribution in [0.25, 0.3) is 11.5 Å². The van der Waals surface area contributed by atoms with Gasteiger partial charge in [-0.1, -0.05) is 96.1 Å². The first kappa shape index (κ1) is 35.5. The van der Waals surface area contributed by atoms with Crippen LogP contribution in [0.1, 0.15) is 81.6 Å². The number of aliphatic hydroxyl groups excluding tert-OH is 2. The molecular weight excluding hydrogens is 596 g/mol. The Balaban J connectivity index is 1.93. The first-order valence-corrected chi connectivity index (χ1v) is 16.0. The normalized spacial score (nSPS) is 14.1. The summed E-state index contributed by atoms with van der Waals surface area (Å²) in [6, 6.07) is 25.7. The molecule has 2 unspecified atom stereocenters. The Morgan fingerprint density at radius 2 is 0.833 bits per heavy atom. The van der Waals surface area contributed by atoms with E-state index in [1.165, 1.54) is 26.3 Å². The predicted molar refractivity (Wildman–Crippen MR) is 197 cm³/mol. The molecule has 4 aromatic carbocycles. The van der Waals surface area contributed by atoms with Gasteiger partial charge in [0.05, 0.1) is 11.1 Å². The highest BCUT2D eigenvalue weighted by atomic mass is 16.3. The average Bonchev–Trinajstić information content (AvgIpc) is 3.01. The number of Topliss-reactive ketones (excluding diaryl/α,β-unsaturated/α-hetero) is 2. The molecule has 0 aliphatic rings. The van der Waals surface area contributed by atoms with Crippen LogP contribution in [0.3, 0.4) is 0 Å². The van der Waals surface area contributed by atoms with Gasteiger partial charge in [0.2, 0.25) is 0 Å². The Hall–Kier alpha value is -5.36. The molecule has 0 bridgehead atoms. The van der Waals surface area contributed by atoms with Crippen LogP contribution in [0.5, 0.6) is 0 Å². The lowest BCUT2D eigenvalue weighted by Gasteiger charge is -2.22. The van der Waals surface area contributed by atoms with Crippen LogP contribution in [0, 0.1) is 41.5 Å². The third-order valence-electron chi connectivity index (χ3n) is 8.41. The molecule has 2 atom stereocenters. The minimum atomic E-state index is -0.662. The smallest absolute Gasteiger partial charge is 0.165 e. The highest BCUT2D eigenvalue weighted by Gasteiger charge is 2.25. The van der Waals surface area contributed by atoms with Gasteiger partial charge >= 0.3 is 0 Å². The van der Waals surface area contributed by atoms with E-state index in [1.54, 1.807) is 0 Å². The molecule has 0 aliphatic carbocycles. The molecule has 0 aromatic heterocycles. The van der Waals surface area contributed by atoms with Crippen LogP contribution in [0.2, 0.25) is 0 Å². The number of ketones is 2. The number of carbonyl (C=O) groups is 2. The van der Waals surface area contributed by atoms with E-state index < -0.39 is 12.1 Å². The van der Waals surface area contributed by atoms with Gasteiger partial charge in [0.15, 0.2) is 11.6 Å². The topological polar surface area (TPSA) is 99.3 Å². The molecule has 0 saturated carbocycles. The lowest BCUT2D eigenvalue weighted by molar-refractivity contribution is -0.114. The van der Waals surface area contributed by atoms with Crippen LogP contribution < -0.4 is 0 Å². The summed E-state index contributed by atoms with van der Waals surface area (Å²) in [6.45, 7) is 14.4. The first-order valence-electron chi connectivity index (χ1n) is 16.0. The summed E-state index contributed by atoms with van der Waals surface area (Å²) in [6.07, 6.45) is 2.86. The number of aliphatic imine (C=N–C) groups is 2. The van der Waals surface area contributed by atoms with Crippen LogP contribution >= 0.6 is 0 Å². The van der Waals surface area contributed by atoms with Crippen LogP contribution in [0.4, 0.5) is 0 Å². The molecule has 0 aliphatic heterocycles. The maximum atomic E-state index is 13.0. The van der Waals surface area contributed by atoms with Crippen molar-refractivity contribution < 1.29 is 19.8 Å². The van der Waals surface area contributed by atoms with Crippen molar-refractivity contribution in [3.8, 4) is 0 Å². The van der Waals surface area contributed by atoms with Gasteiger partial charge in [0.1, 0.15) is 23.6 Å². The standard InChI is InChI=1S/C42H44N2O4/c1-25-19-27(3)37(28(4)20-25)41(47)35(31(7)45)23-43-39(33-15-11-9-12-16-33)40(34-17-13-10-14-18-34)44-24-36(32(8)46)42(48)38-29(5)21-26(2)22-30(38)6/h9-24,39-40,47-48H,1-8H3. The van der Waals surface area contributed by atoms with Gasteiger partial charge in [-0.25, -0.2) is 0 Å². The molecule has 4 aromatic rings. The second-order valence-corrected chi connectivity index (χ2v) is 12.5. The second-order valence-electron chi connectivity index (χ2n) is 12.5. The summed E-state index contributed by atoms with van der Waals surface area (Å²) in [4.78, 5) is 35.9. The molecule has 0 heterocycles. The van der Waals surface area contributed by atoms with Crippen LogP contribution in [0.15, 0.2) is 106 Å². The number of aliphatic hydroxyl groups is 2. The van der Waals surface area contributed by atoms with Crippen molar-refractivity contribution in [2.75, 3.05) is 0 Å². The van der Waals surface area contributed by atoms with Gasteiger partial charge in [-0.15, -0.1) is 0 Å². The number of carbonyl (C=O) groups excluding carboxylic acids is 2. The van der Waals surface area contributed by atoms with Crippen molar-refractivity contribution in [1.82, 2.24) is 0 Å². The van der Waals surface area contributed by atoms with E-state index in [-0.39, 0.29) is 34.2 Å². The summed E-state index contributed by atoms with van der Waals surface area (Å²) in [5, 5.41) is 23.0. The maximum absolute atomic E-state index is 13.0. The minimum absolute atomic E-state index is 0.0778. The molecule has 0 saturated heterocycles. The number of nitrogens with zero attached hydrogens (tertiary/aromatic N) is 2. The Morgan fingerprint density at radius 3 is 1.10 bits per heavy atom. The molecule has 6 heteroatoms. The van der Waals surface area contributed by atoms with E-state index in [4.69, 9.17) is 9.98 Å². The zero-order valence-corrected chi connectivity index (χ0v) is 29.0. The highest BCUT2D eigenvalue weighted by Crippen LogP contribution is 2.36. The summed E-state index contributed by atoms with van der Waals surface area (Å²) in [7, 11) is 0. The van der Waals surface area contributed by atoms with E-state index in [0.29, 0.717) is 11.1 Å². The van der Waals surface area contributed by atoms with Crippen LogP contribution in [-0.2, 0) is 9.59 Å². The Morgan fingerprint density at radius 1 is 0.542 bits per heavy atom. The highest BCUT2D eigenvalue weighted by molar-refractivity contribution is 6.18. The number of rotatable bonds is 11. The van der Waals surface area contributed by atoms with Crippen LogP contribution in [-0.4, -0.2) is 34.2 Å². The summed E-state index contributed by atoms with van der Waals surface area (Å²) >= 11 is 0. The molecule has 0 fully saturated rings. The quantitative estimate of drug-likeness (QED) is 0.0969. The fourth-order valence-corrected chi connectivity index (χ4v) is 6.32. The van der Waals surface area contributed by atoms with Crippen molar-refractivity contribution in [3.63, 3.8) is 0 Å². The number of aryl methyl sites for hydroxylation is 6. The van der Waals surface area contributed by atoms with Gasteiger partial charge in [-0.2, -0.15) is 0 Å². The third-order valence-corrected chi connectivity index (χ3v) is 8.41. The number of benzene rings is 4. The lowest BCUT2D eigenvalue weighted by Crippen LogP contribution is -2.12. The predicted octanol–water partition coefficient (Wildman–Crippen LogP) is 9.58. The van der Waals surface area contributed by atoms with Gasteiger partial charge < -0.3 is 10.2 Å². The molecule has 0 amide bonds. The molecular formula is C42H44N2O4. The average molecular weight is 641 g/mol. The zero-order valence-electron chi connectivity index (χ0n) is 29.0. The fraction of sp³-hybridized carbons (Fsp3) is 0.238. The lowest BCUT2D eigenvalue weighted by atomic mass is 9.93. The zero-order chi connectivity index (χ0) is 35.1. The van der Waals surface area contributed by atoms with E-state index in [9.17, 15) is 19.8 Å².